The number of hydrogen-bond acceptors (Lipinski definition) is 6. The number of carbonyl (C=O) groups is 2. The van der Waals surface area contributed by atoms with E-state index < -0.39 is 39.2 Å². The summed E-state index contributed by atoms with van der Waals surface area (Å²) in [5.74, 6) is -1.15. The minimum absolute atomic E-state index is 0.0678. The maximum atomic E-state index is 14.4. The Morgan fingerprint density at radius 2 is 1.79 bits per heavy atom. The molecule has 0 unspecified atom stereocenters. The van der Waals surface area contributed by atoms with Crippen molar-refractivity contribution in [3.63, 3.8) is 0 Å². The summed E-state index contributed by atoms with van der Waals surface area (Å²) in [5.41, 5.74) is -2.41. The van der Waals surface area contributed by atoms with E-state index in [2.05, 4.69) is 5.32 Å². The van der Waals surface area contributed by atoms with Crippen LogP contribution in [0.1, 0.15) is 68.4 Å². The predicted molar refractivity (Wildman–Crippen MR) is 161 cm³/mol. The molecule has 0 saturated carbocycles. The summed E-state index contributed by atoms with van der Waals surface area (Å²) >= 11 is 12.5. The highest BCUT2D eigenvalue weighted by Crippen LogP contribution is 2.38. The van der Waals surface area contributed by atoms with Crippen LogP contribution < -0.4 is 10.2 Å². The number of nitrogens with one attached hydrogen (secondary N) is 1. The molecule has 1 fully saturated rings. The number of anilines is 1. The largest absolute Gasteiger partial charge is 0.444 e. The van der Waals surface area contributed by atoms with Gasteiger partial charge in [-0.3, -0.25) is 9.69 Å². The molecular formula is C29H36Cl2F3N3O5S. The molecule has 238 valence electrons. The van der Waals surface area contributed by atoms with Crippen LogP contribution >= 0.6 is 23.2 Å². The Kier molecular flexibility index (Phi) is 11.1. The molecule has 43 heavy (non-hydrogen) atoms. The van der Waals surface area contributed by atoms with Crippen molar-refractivity contribution in [2.75, 3.05) is 30.8 Å². The Morgan fingerprint density at radius 1 is 1.12 bits per heavy atom. The smallest absolute Gasteiger partial charge is 0.416 e. The molecule has 0 bridgehead atoms. The fourth-order valence-electron chi connectivity index (χ4n) is 4.87. The summed E-state index contributed by atoms with van der Waals surface area (Å²) in [4.78, 5) is 28.2. The Labute approximate surface area is 260 Å². The highest BCUT2D eigenvalue weighted by molar-refractivity contribution is 7.91. The van der Waals surface area contributed by atoms with Gasteiger partial charge in [-0.1, -0.05) is 36.5 Å². The van der Waals surface area contributed by atoms with Crippen molar-refractivity contribution in [2.24, 2.45) is 0 Å². The van der Waals surface area contributed by atoms with Gasteiger partial charge in [-0.25, -0.2) is 13.2 Å². The second kappa shape index (κ2) is 13.6. The highest BCUT2D eigenvalue weighted by Gasteiger charge is 2.37. The van der Waals surface area contributed by atoms with Gasteiger partial charge in [-0.2, -0.15) is 13.2 Å². The topological polar surface area (TPSA) is 96.0 Å². The summed E-state index contributed by atoms with van der Waals surface area (Å²) in [6.45, 7) is 7.13. The van der Waals surface area contributed by atoms with Crippen LogP contribution in [-0.2, 0) is 27.3 Å². The fraction of sp³-hybridized carbons (Fsp3) is 0.517. The lowest BCUT2D eigenvalue weighted by molar-refractivity contribution is -0.138. The Hall–Kier alpha value is -2.54. The summed E-state index contributed by atoms with van der Waals surface area (Å²) in [6, 6.07) is 5.51. The highest BCUT2D eigenvalue weighted by atomic mass is 35.5. The molecule has 8 nitrogen and oxygen atoms in total. The van der Waals surface area contributed by atoms with Gasteiger partial charge in [0.2, 0.25) is 0 Å². The summed E-state index contributed by atoms with van der Waals surface area (Å²) < 4.78 is 73.8. The number of sulfone groups is 1. The number of amides is 2. The lowest BCUT2D eigenvalue weighted by Gasteiger charge is -2.36. The molecule has 2 aromatic rings. The number of alkyl carbamates (subject to hydrolysis) is 1. The first kappa shape index (κ1) is 34.9. The van der Waals surface area contributed by atoms with Crippen molar-refractivity contribution in [3.05, 3.63) is 57.1 Å². The zero-order valence-electron chi connectivity index (χ0n) is 24.6. The lowest BCUT2D eigenvalue weighted by atomic mass is 9.97. The number of alkyl halides is 3. The van der Waals surface area contributed by atoms with E-state index in [1.165, 1.54) is 32.2 Å². The number of hydrogen-bond donors (Lipinski definition) is 1. The molecule has 0 aromatic heterocycles. The quantitative estimate of drug-likeness (QED) is 0.327. The molecule has 2 aromatic carbocycles. The number of benzene rings is 2. The molecular weight excluding hydrogens is 630 g/mol. The van der Waals surface area contributed by atoms with E-state index in [0.717, 1.165) is 29.9 Å². The molecule has 14 heteroatoms. The second-order valence-electron chi connectivity index (χ2n) is 11.4. The van der Waals surface area contributed by atoms with Gasteiger partial charge < -0.3 is 15.0 Å². The molecule has 1 saturated heterocycles. The Balaban J connectivity index is 1.94. The first-order valence-electron chi connectivity index (χ1n) is 13.7. The molecule has 1 aliphatic heterocycles. The van der Waals surface area contributed by atoms with Gasteiger partial charge >= 0.3 is 12.3 Å². The fourth-order valence-corrected chi connectivity index (χ4v) is 6.41. The van der Waals surface area contributed by atoms with Gasteiger partial charge in [0.15, 0.2) is 9.84 Å². The zero-order valence-corrected chi connectivity index (χ0v) is 27.0. The first-order chi connectivity index (χ1) is 19.8. The van der Waals surface area contributed by atoms with E-state index in [4.69, 9.17) is 27.9 Å². The van der Waals surface area contributed by atoms with E-state index in [1.54, 1.807) is 20.8 Å². The summed E-state index contributed by atoms with van der Waals surface area (Å²) in [5, 5.41) is 2.58. The number of carbonyl (C=O) groups excluding carboxylic acids is 2. The van der Waals surface area contributed by atoms with Crippen LogP contribution in [0.4, 0.5) is 23.7 Å². The molecule has 1 heterocycles. The number of rotatable bonds is 8. The maximum absolute atomic E-state index is 14.4. The third-order valence-corrected chi connectivity index (χ3v) is 9.39. The molecule has 1 N–H and O–H groups in total. The van der Waals surface area contributed by atoms with Crippen LogP contribution in [-0.4, -0.2) is 62.9 Å². The van der Waals surface area contributed by atoms with E-state index in [1.807, 2.05) is 4.90 Å². The third kappa shape index (κ3) is 8.99. The predicted octanol–water partition coefficient (Wildman–Crippen LogP) is 6.96. The molecule has 1 atom stereocenters. The molecule has 2 amide bonds. The number of nitrogens with zero attached hydrogens (tertiary/aromatic N) is 2. The average Bonchev–Trinajstić information content (AvgIpc) is 2.90. The van der Waals surface area contributed by atoms with Crippen LogP contribution in [0.5, 0.6) is 0 Å². The van der Waals surface area contributed by atoms with Gasteiger partial charge in [0.25, 0.3) is 5.91 Å². The van der Waals surface area contributed by atoms with Gasteiger partial charge in [-0.15, -0.1) is 0 Å². The van der Waals surface area contributed by atoms with Gasteiger partial charge in [0.1, 0.15) is 5.60 Å². The third-order valence-electron chi connectivity index (χ3n) is 7.04. The minimum atomic E-state index is -4.85. The standard InChI is InChI=1S/C29H36Cl2F3N3O5S/c1-6-43(40,41)25-11-10-19(30)15-24(25)36(5)26(38)18-13-22(29(32,33)34)21(23(31)14-18)17-37-12-8-7-9-20(37)16-35-27(39)42-28(2,3)4/h10-11,13-15,20H,6-9,12,16-17H2,1-5H3,(H,35,39)/t20-/m1/s1. The number of halogens is 5. The number of piperidine rings is 1. The second-order valence-corrected chi connectivity index (χ2v) is 14.5. The summed E-state index contributed by atoms with van der Waals surface area (Å²) in [6.07, 6.45) is -3.21. The molecule has 0 radical (unpaired) electrons. The average molecular weight is 667 g/mol. The van der Waals surface area contributed by atoms with Gasteiger partial charge in [0, 0.05) is 41.8 Å². The van der Waals surface area contributed by atoms with E-state index >= 15 is 0 Å². The number of ether oxygens (including phenoxy) is 1. The van der Waals surface area contributed by atoms with Crippen LogP contribution in [0.25, 0.3) is 0 Å². The van der Waals surface area contributed by atoms with Crippen LogP contribution in [0.2, 0.25) is 10.0 Å². The van der Waals surface area contributed by atoms with E-state index in [-0.39, 0.29) is 56.6 Å². The van der Waals surface area contributed by atoms with Crippen molar-refractivity contribution >= 4 is 50.7 Å². The molecule has 1 aliphatic rings. The zero-order chi connectivity index (χ0) is 32.3. The minimum Gasteiger partial charge on any atom is -0.444 e. The Morgan fingerprint density at radius 3 is 2.40 bits per heavy atom. The van der Waals surface area contributed by atoms with Gasteiger partial charge in [-0.05, 0) is 76.1 Å². The first-order valence-corrected chi connectivity index (χ1v) is 16.2. The SMILES string of the molecule is CCS(=O)(=O)c1ccc(Cl)cc1N(C)C(=O)c1cc(Cl)c(CN2CCCC[C@@H]2CNC(=O)OC(C)(C)C)c(C(F)(F)F)c1. The van der Waals surface area contributed by atoms with Gasteiger partial charge in [0.05, 0.1) is 21.9 Å². The lowest BCUT2D eigenvalue weighted by Crippen LogP contribution is -2.47. The van der Waals surface area contributed by atoms with E-state index in [9.17, 15) is 31.2 Å². The molecule has 0 aliphatic carbocycles. The summed E-state index contributed by atoms with van der Waals surface area (Å²) in [7, 11) is -2.53. The monoisotopic (exact) mass is 665 g/mol. The maximum Gasteiger partial charge on any atom is 0.416 e. The van der Waals surface area contributed by atoms with Crippen LogP contribution in [0, 0.1) is 0 Å². The van der Waals surface area contributed by atoms with E-state index in [0.29, 0.717) is 13.0 Å². The molecule has 0 spiro atoms. The van der Waals surface area contributed by atoms with Crippen molar-refractivity contribution in [2.45, 2.75) is 76.2 Å². The number of likely N-dealkylation sites (tertiary alicyclic amines) is 1. The van der Waals surface area contributed by atoms with Crippen molar-refractivity contribution in [1.82, 2.24) is 10.2 Å². The van der Waals surface area contributed by atoms with Crippen LogP contribution in [0.15, 0.2) is 35.2 Å². The van der Waals surface area contributed by atoms with Crippen LogP contribution in [0.3, 0.4) is 0 Å². The normalized spacial score (nSPS) is 16.6. The van der Waals surface area contributed by atoms with Crippen molar-refractivity contribution in [3.8, 4) is 0 Å². The Bertz CT molecular complexity index is 1460. The molecule has 3 rings (SSSR count). The van der Waals surface area contributed by atoms with Crippen molar-refractivity contribution < 1.29 is 35.9 Å². The van der Waals surface area contributed by atoms with Crippen molar-refractivity contribution in [1.29, 1.82) is 0 Å².